The Morgan fingerprint density at radius 2 is 2.00 bits per heavy atom. The molecule has 2 rings (SSSR count). The number of anilines is 1. The molecule has 1 aromatic heterocycles. The number of benzene rings is 1. The zero-order valence-electron chi connectivity index (χ0n) is 9.53. The number of nitriles is 1. The Morgan fingerprint density at radius 1 is 1.33 bits per heavy atom. The maximum atomic E-state index is 11.3. The van der Waals surface area contributed by atoms with Gasteiger partial charge in [-0.2, -0.15) is 15.2 Å². The third-order valence-electron chi connectivity index (χ3n) is 2.24. The van der Waals surface area contributed by atoms with Crippen LogP contribution in [-0.4, -0.2) is 24.6 Å². The molecule has 0 radical (unpaired) electrons. The van der Waals surface area contributed by atoms with Crippen molar-refractivity contribution < 1.29 is 8.42 Å². The van der Waals surface area contributed by atoms with Gasteiger partial charge in [-0.1, -0.05) is 0 Å². The molecule has 0 saturated heterocycles. The van der Waals surface area contributed by atoms with E-state index in [1.807, 2.05) is 6.07 Å². The van der Waals surface area contributed by atoms with Gasteiger partial charge in [0.1, 0.15) is 6.07 Å². The summed E-state index contributed by atoms with van der Waals surface area (Å²) >= 11 is 0. The molecule has 18 heavy (non-hydrogen) atoms. The summed E-state index contributed by atoms with van der Waals surface area (Å²) in [5.41, 5.74) is 4.01. The van der Waals surface area contributed by atoms with Crippen molar-refractivity contribution in [2.24, 2.45) is 0 Å². The summed E-state index contributed by atoms with van der Waals surface area (Å²) in [4.78, 5) is 1.64. The lowest BCUT2D eigenvalue weighted by atomic mass is 10.3. The Balaban J connectivity index is 2.19. The summed E-state index contributed by atoms with van der Waals surface area (Å²) < 4.78 is 22.5. The highest BCUT2D eigenvalue weighted by atomic mass is 32.2. The number of hydrogen-bond donors (Lipinski definition) is 1. The van der Waals surface area contributed by atoms with E-state index in [1.54, 1.807) is 12.1 Å². The first-order chi connectivity index (χ1) is 8.49. The lowest BCUT2D eigenvalue weighted by Gasteiger charge is -2.06. The fourth-order valence-corrected chi connectivity index (χ4v) is 1.98. The van der Waals surface area contributed by atoms with Crippen LogP contribution in [0, 0.1) is 11.3 Å². The minimum Gasteiger partial charge on any atom is -0.278 e. The highest BCUT2D eigenvalue weighted by molar-refractivity contribution is 7.90. The summed E-state index contributed by atoms with van der Waals surface area (Å²) in [6.07, 6.45) is 4.12. The fourth-order valence-electron chi connectivity index (χ4n) is 1.35. The van der Waals surface area contributed by atoms with Crippen LogP contribution in [0.5, 0.6) is 0 Å². The van der Waals surface area contributed by atoms with E-state index in [9.17, 15) is 8.42 Å². The molecule has 0 saturated carbocycles. The largest absolute Gasteiger partial charge is 0.278 e. The Morgan fingerprint density at radius 3 is 2.50 bits per heavy atom. The normalized spacial score (nSPS) is 10.9. The molecule has 0 unspecified atom stereocenters. The van der Waals surface area contributed by atoms with Crippen molar-refractivity contribution in [3.8, 4) is 6.07 Å². The molecule has 0 spiro atoms. The molecule has 6 nitrogen and oxygen atoms in total. The molecule has 0 aliphatic carbocycles. The van der Waals surface area contributed by atoms with Crippen LogP contribution in [0.4, 0.5) is 5.69 Å². The zero-order chi connectivity index (χ0) is 13.2. The molecule has 1 aromatic carbocycles. The first kappa shape index (κ1) is 12.1. The van der Waals surface area contributed by atoms with Gasteiger partial charge in [0.15, 0.2) is 9.84 Å². The van der Waals surface area contributed by atoms with Gasteiger partial charge in [-0.05, 0) is 24.3 Å². The van der Waals surface area contributed by atoms with Gasteiger partial charge >= 0.3 is 0 Å². The molecule has 0 fully saturated rings. The summed E-state index contributed by atoms with van der Waals surface area (Å²) in [7, 11) is -3.19. The summed E-state index contributed by atoms with van der Waals surface area (Å²) in [5.74, 6) is 0. The van der Waals surface area contributed by atoms with E-state index < -0.39 is 9.84 Å². The average Bonchev–Trinajstić information content (AvgIpc) is 2.76. The summed E-state index contributed by atoms with van der Waals surface area (Å²) in [6, 6.07) is 8.23. The number of hydrogen-bond acceptors (Lipinski definition) is 5. The van der Waals surface area contributed by atoms with Gasteiger partial charge in [-0.25, -0.2) is 8.42 Å². The molecule has 0 bridgehead atoms. The number of nitrogens with one attached hydrogen (secondary N) is 1. The molecular formula is C11H10N4O2S. The van der Waals surface area contributed by atoms with Crippen molar-refractivity contribution in [3.63, 3.8) is 0 Å². The van der Waals surface area contributed by atoms with Crippen molar-refractivity contribution in [2.45, 2.75) is 4.90 Å². The zero-order valence-corrected chi connectivity index (χ0v) is 10.3. The maximum Gasteiger partial charge on any atom is 0.175 e. The first-order valence-corrected chi connectivity index (χ1v) is 6.90. The van der Waals surface area contributed by atoms with Crippen molar-refractivity contribution >= 4 is 15.5 Å². The number of aromatic nitrogens is 2. The molecule has 1 N–H and O–H groups in total. The second-order valence-electron chi connectivity index (χ2n) is 3.69. The van der Waals surface area contributed by atoms with Crippen molar-refractivity contribution in [1.29, 1.82) is 5.26 Å². The predicted octanol–water partition coefficient (Wildman–Crippen LogP) is 1.03. The standard InChI is InChI=1S/C11H10N4O2S/c1-18(16,17)11-4-2-10(3-5-11)14-15-8-9(6-12)7-13-15/h2-5,7-8,14H,1H3. The highest BCUT2D eigenvalue weighted by Gasteiger charge is 2.06. The van der Waals surface area contributed by atoms with Gasteiger partial charge in [0.2, 0.25) is 0 Å². The van der Waals surface area contributed by atoms with Gasteiger partial charge in [0, 0.05) is 6.26 Å². The highest BCUT2D eigenvalue weighted by Crippen LogP contribution is 2.13. The Kier molecular flexibility index (Phi) is 3.04. The van der Waals surface area contributed by atoms with Gasteiger partial charge in [-0.3, -0.25) is 5.43 Å². The van der Waals surface area contributed by atoms with Crippen LogP contribution in [0.2, 0.25) is 0 Å². The van der Waals surface area contributed by atoms with Crippen molar-refractivity contribution in [2.75, 3.05) is 11.7 Å². The first-order valence-electron chi connectivity index (χ1n) is 5.01. The summed E-state index contributed by atoms with van der Waals surface area (Å²) in [6.45, 7) is 0. The van der Waals surface area contributed by atoms with Crippen LogP contribution in [0.25, 0.3) is 0 Å². The molecule has 92 valence electrons. The van der Waals surface area contributed by atoms with Crippen molar-refractivity contribution in [3.05, 3.63) is 42.2 Å². The van der Waals surface area contributed by atoms with E-state index in [-0.39, 0.29) is 4.90 Å². The third kappa shape index (κ3) is 2.67. The average molecular weight is 262 g/mol. The fraction of sp³-hybridized carbons (Fsp3) is 0.0909. The van der Waals surface area contributed by atoms with E-state index in [0.717, 1.165) is 6.26 Å². The molecule has 0 amide bonds. The van der Waals surface area contributed by atoms with Crippen LogP contribution in [0.3, 0.4) is 0 Å². The molecule has 0 aliphatic rings. The Labute approximate surface area is 104 Å². The Hall–Kier alpha value is -2.33. The smallest absolute Gasteiger partial charge is 0.175 e. The number of rotatable bonds is 3. The molecule has 7 heteroatoms. The van der Waals surface area contributed by atoms with Gasteiger partial charge in [-0.15, -0.1) is 0 Å². The second kappa shape index (κ2) is 4.50. The van der Waals surface area contributed by atoms with Crippen LogP contribution in [0.15, 0.2) is 41.6 Å². The third-order valence-corrected chi connectivity index (χ3v) is 3.37. The Bertz CT molecular complexity index is 695. The SMILES string of the molecule is CS(=O)(=O)c1ccc(Nn2cc(C#N)cn2)cc1. The van der Waals surface area contributed by atoms with Gasteiger partial charge in [0.25, 0.3) is 0 Å². The van der Waals surface area contributed by atoms with E-state index >= 15 is 0 Å². The van der Waals surface area contributed by atoms with E-state index in [0.29, 0.717) is 11.3 Å². The van der Waals surface area contributed by atoms with E-state index in [1.165, 1.54) is 29.3 Å². The van der Waals surface area contributed by atoms with Crippen LogP contribution < -0.4 is 5.43 Å². The number of sulfone groups is 1. The minimum atomic E-state index is -3.19. The quantitative estimate of drug-likeness (QED) is 0.892. The molecule has 1 heterocycles. The topological polar surface area (TPSA) is 87.8 Å². The molecule has 2 aromatic rings. The van der Waals surface area contributed by atoms with Crippen LogP contribution in [-0.2, 0) is 9.84 Å². The minimum absolute atomic E-state index is 0.256. The van der Waals surface area contributed by atoms with Gasteiger partial charge in [0.05, 0.1) is 28.5 Å². The van der Waals surface area contributed by atoms with Crippen molar-refractivity contribution in [1.82, 2.24) is 9.89 Å². The maximum absolute atomic E-state index is 11.3. The molecule has 0 aliphatic heterocycles. The van der Waals surface area contributed by atoms with Gasteiger partial charge < -0.3 is 0 Å². The van der Waals surface area contributed by atoms with E-state index in [4.69, 9.17) is 5.26 Å². The molecule has 0 atom stereocenters. The predicted molar refractivity (Wildman–Crippen MR) is 65.5 cm³/mol. The van der Waals surface area contributed by atoms with Crippen LogP contribution in [0.1, 0.15) is 5.56 Å². The number of nitrogens with zero attached hydrogens (tertiary/aromatic N) is 3. The van der Waals surface area contributed by atoms with Crippen LogP contribution >= 0.6 is 0 Å². The monoisotopic (exact) mass is 262 g/mol. The van der Waals surface area contributed by atoms with E-state index in [2.05, 4.69) is 10.5 Å². The lowest BCUT2D eigenvalue weighted by Crippen LogP contribution is -2.09. The lowest BCUT2D eigenvalue weighted by molar-refractivity contribution is 0.602. The molecular weight excluding hydrogens is 252 g/mol. The second-order valence-corrected chi connectivity index (χ2v) is 5.71. The summed E-state index contributed by atoms with van der Waals surface area (Å²) in [5, 5.41) is 12.6.